The Labute approximate surface area is 91.3 Å². The molecule has 0 heterocycles. The van der Waals surface area contributed by atoms with E-state index in [2.05, 4.69) is 0 Å². The Balaban J connectivity index is 1.64. The van der Waals surface area contributed by atoms with E-state index in [1.54, 1.807) is 7.11 Å². The number of rotatable bonds is 3. The Hall–Kier alpha value is -0.0800. The second-order valence-corrected chi connectivity index (χ2v) is 6.49. The van der Waals surface area contributed by atoms with Crippen LogP contribution in [0.15, 0.2) is 0 Å². The van der Waals surface area contributed by atoms with Crippen molar-refractivity contribution in [3.63, 3.8) is 0 Å². The Morgan fingerprint density at radius 1 is 1.13 bits per heavy atom. The minimum Gasteiger partial charge on any atom is -0.359 e. The van der Waals surface area contributed by atoms with E-state index in [1.165, 1.54) is 38.5 Å². The Bertz CT molecular complexity index is 299. The van der Waals surface area contributed by atoms with Crippen molar-refractivity contribution in [1.82, 2.24) is 0 Å². The lowest BCUT2D eigenvalue weighted by atomic mass is 9.56. The topological polar surface area (TPSA) is 18.5 Å². The van der Waals surface area contributed by atoms with Gasteiger partial charge in [0.05, 0.1) is 5.60 Å². The van der Waals surface area contributed by atoms with Gasteiger partial charge in [-0.2, -0.15) is 0 Å². The largest absolute Gasteiger partial charge is 0.359 e. The van der Waals surface area contributed by atoms with Crippen LogP contribution in [0.2, 0.25) is 0 Å². The van der Waals surface area contributed by atoms with Crippen LogP contribution in [0, 0.1) is 23.2 Å². The molecule has 2 heteroatoms. The summed E-state index contributed by atoms with van der Waals surface area (Å²) in [5.41, 5.74) is 0.978. The highest BCUT2D eigenvalue weighted by Gasteiger charge is 2.71. The summed E-state index contributed by atoms with van der Waals surface area (Å²) in [6, 6.07) is 0. The summed E-state index contributed by atoms with van der Waals surface area (Å²) >= 11 is 0. The number of fused-ring (bicyclic) bond motifs is 2. The van der Waals surface area contributed by atoms with Gasteiger partial charge in [-0.15, -0.1) is 0 Å². The second kappa shape index (κ2) is 2.60. The van der Waals surface area contributed by atoms with Gasteiger partial charge in [-0.05, 0) is 61.7 Å². The van der Waals surface area contributed by atoms with Crippen molar-refractivity contribution in [3.05, 3.63) is 0 Å². The standard InChI is InChI=1S/C13H20O2/c1-14-8-15-12-4-9-2-10-3-11(6-12)13(10,5-9)7-12/h9-11H,2-8H2,1H3. The molecule has 0 aliphatic heterocycles. The summed E-state index contributed by atoms with van der Waals surface area (Å²) in [7, 11) is 1.73. The number of methoxy groups -OCH3 is 1. The molecule has 4 aliphatic rings. The minimum absolute atomic E-state index is 0.231. The third-order valence-electron chi connectivity index (χ3n) is 5.90. The highest BCUT2D eigenvalue weighted by molar-refractivity contribution is 5.21. The number of ether oxygens (including phenoxy) is 2. The van der Waals surface area contributed by atoms with Crippen LogP contribution in [0.5, 0.6) is 0 Å². The van der Waals surface area contributed by atoms with Gasteiger partial charge in [-0.3, -0.25) is 0 Å². The Morgan fingerprint density at radius 2 is 2.07 bits per heavy atom. The van der Waals surface area contributed by atoms with Crippen LogP contribution in [-0.2, 0) is 9.47 Å². The van der Waals surface area contributed by atoms with Crippen molar-refractivity contribution in [1.29, 1.82) is 0 Å². The van der Waals surface area contributed by atoms with Crippen molar-refractivity contribution in [2.45, 2.75) is 44.1 Å². The van der Waals surface area contributed by atoms with Crippen molar-refractivity contribution in [2.24, 2.45) is 23.2 Å². The highest BCUT2D eigenvalue weighted by atomic mass is 16.7. The molecule has 84 valence electrons. The summed E-state index contributed by atoms with van der Waals surface area (Å²) in [6.45, 7) is 0.500. The maximum atomic E-state index is 6.06. The monoisotopic (exact) mass is 208 g/mol. The molecule has 0 N–H and O–H groups in total. The maximum Gasteiger partial charge on any atom is 0.147 e. The van der Waals surface area contributed by atoms with Crippen LogP contribution in [0.4, 0.5) is 0 Å². The molecule has 3 bridgehead atoms. The molecule has 0 saturated heterocycles. The van der Waals surface area contributed by atoms with Gasteiger partial charge in [0.15, 0.2) is 0 Å². The summed E-state index contributed by atoms with van der Waals surface area (Å²) in [4.78, 5) is 0. The first-order chi connectivity index (χ1) is 7.26. The third kappa shape index (κ3) is 0.938. The molecule has 0 radical (unpaired) electrons. The van der Waals surface area contributed by atoms with Crippen LogP contribution in [0.3, 0.4) is 0 Å². The average molecular weight is 208 g/mol. The van der Waals surface area contributed by atoms with Crippen LogP contribution in [0.1, 0.15) is 38.5 Å². The lowest BCUT2D eigenvalue weighted by Crippen LogP contribution is -2.42. The molecule has 0 aromatic heterocycles. The van der Waals surface area contributed by atoms with Crippen LogP contribution in [0.25, 0.3) is 0 Å². The summed E-state index contributed by atoms with van der Waals surface area (Å²) < 4.78 is 11.2. The average Bonchev–Trinajstić information content (AvgIpc) is 2.52. The Kier molecular flexibility index (Phi) is 1.56. The third-order valence-corrected chi connectivity index (χ3v) is 5.90. The molecule has 0 aromatic rings. The normalized spacial score (nSPS) is 59.4. The van der Waals surface area contributed by atoms with Gasteiger partial charge in [0.1, 0.15) is 6.79 Å². The quantitative estimate of drug-likeness (QED) is 0.664. The zero-order chi connectivity index (χ0) is 10.1. The lowest BCUT2D eigenvalue weighted by Gasteiger charge is -2.49. The van der Waals surface area contributed by atoms with Gasteiger partial charge in [0.2, 0.25) is 0 Å². The summed E-state index contributed by atoms with van der Waals surface area (Å²) in [5, 5.41) is 0. The number of hydrogen-bond donors (Lipinski definition) is 0. The molecular weight excluding hydrogens is 188 g/mol. The van der Waals surface area contributed by atoms with Crippen LogP contribution < -0.4 is 0 Å². The fraction of sp³-hybridized carbons (Fsp3) is 1.00. The highest BCUT2D eigenvalue weighted by Crippen LogP contribution is 2.77. The van der Waals surface area contributed by atoms with Crippen molar-refractivity contribution in [3.8, 4) is 0 Å². The van der Waals surface area contributed by atoms with E-state index in [0.717, 1.165) is 23.2 Å². The van der Waals surface area contributed by atoms with E-state index < -0.39 is 0 Å². The summed E-state index contributed by atoms with van der Waals surface area (Å²) in [6.07, 6.45) is 8.56. The molecule has 5 atom stereocenters. The van der Waals surface area contributed by atoms with E-state index in [-0.39, 0.29) is 5.60 Å². The van der Waals surface area contributed by atoms with Gasteiger partial charge < -0.3 is 9.47 Å². The summed E-state index contributed by atoms with van der Waals surface area (Å²) in [5.74, 6) is 3.06. The first kappa shape index (κ1) is 9.00. The Morgan fingerprint density at radius 3 is 2.93 bits per heavy atom. The fourth-order valence-electron chi connectivity index (χ4n) is 5.63. The SMILES string of the molecule is COCOC12CC3CC4CC(C1)C4(C3)C2. The molecule has 4 fully saturated rings. The van der Waals surface area contributed by atoms with Crippen molar-refractivity contribution >= 4 is 0 Å². The van der Waals surface area contributed by atoms with Crippen LogP contribution >= 0.6 is 0 Å². The van der Waals surface area contributed by atoms with Gasteiger partial charge in [-0.1, -0.05) is 0 Å². The molecule has 15 heavy (non-hydrogen) atoms. The molecule has 4 aliphatic carbocycles. The zero-order valence-corrected chi connectivity index (χ0v) is 9.50. The number of hydrogen-bond acceptors (Lipinski definition) is 2. The van der Waals surface area contributed by atoms with Gasteiger partial charge in [0.25, 0.3) is 0 Å². The molecule has 4 saturated carbocycles. The van der Waals surface area contributed by atoms with E-state index in [9.17, 15) is 0 Å². The minimum atomic E-state index is 0.231. The molecule has 2 nitrogen and oxygen atoms in total. The van der Waals surface area contributed by atoms with E-state index in [4.69, 9.17) is 9.47 Å². The molecule has 1 spiro atoms. The molecule has 5 unspecified atom stereocenters. The first-order valence-corrected chi connectivity index (χ1v) is 6.39. The van der Waals surface area contributed by atoms with E-state index >= 15 is 0 Å². The van der Waals surface area contributed by atoms with E-state index in [0.29, 0.717) is 6.79 Å². The second-order valence-electron chi connectivity index (χ2n) is 6.49. The maximum absolute atomic E-state index is 6.06. The molecular formula is C13H20O2. The predicted molar refractivity (Wildman–Crippen MR) is 56.3 cm³/mol. The van der Waals surface area contributed by atoms with Gasteiger partial charge in [0, 0.05) is 7.11 Å². The zero-order valence-electron chi connectivity index (χ0n) is 9.50. The fourth-order valence-corrected chi connectivity index (χ4v) is 5.63. The van der Waals surface area contributed by atoms with Gasteiger partial charge >= 0.3 is 0 Å². The van der Waals surface area contributed by atoms with Gasteiger partial charge in [-0.25, -0.2) is 0 Å². The van der Waals surface area contributed by atoms with E-state index in [1.807, 2.05) is 0 Å². The molecule has 0 amide bonds. The first-order valence-electron chi connectivity index (χ1n) is 6.39. The smallest absolute Gasteiger partial charge is 0.147 e. The predicted octanol–water partition coefficient (Wildman–Crippen LogP) is 2.58. The molecule has 0 aromatic carbocycles. The van der Waals surface area contributed by atoms with Crippen molar-refractivity contribution in [2.75, 3.05) is 13.9 Å². The lowest BCUT2D eigenvalue weighted by molar-refractivity contribution is -0.145. The van der Waals surface area contributed by atoms with Crippen LogP contribution in [-0.4, -0.2) is 19.5 Å². The van der Waals surface area contributed by atoms with Crippen molar-refractivity contribution < 1.29 is 9.47 Å². The molecule has 4 rings (SSSR count).